The average Bonchev–Trinajstić information content (AvgIpc) is 3.25. The van der Waals surface area contributed by atoms with Crippen LogP contribution in [0.2, 0.25) is 0 Å². The number of anilines is 2. The van der Waals surface area contributed by atoms with Crippen molar-refractivity contribution in [2.24, 2.45) is 0 Å². The van der Waals surface area contributed by atoms with Crippen LogP contribution in [0.1, 0.15) is 16.6 Å². The molecule has 156 valence electrons. The minimum Gasteiger partial charge on any atom is -0.321 e. The van der Waals surface area contributed by atoms with Gasteiger partial charge in [-0.3, -0.25) is 9.59 Å². The highest BCUT2D eigenvalue weighted by Gasteiger charge is 2.23. The van der Waals surface area contributed by atoms with Crippen LogP contribution in [0.15, 0.2) is 52.7 Å². The Morgan fingerprint density at radius 1 is 0.967 bits per heavy atom. The van der Waals surface area contributed by atoms with Crippen LogP contribution in [0, 0.1) is 23.3 Å². The number of halogens is 4. The lowest BCUT2D eigenvalue weighted by molar-refractivity contribution is -0.115. The van der Waals surface area contributed by atoms with E-state index in [9.17, 15) is 27.2 Å². The molecule has 0 saturated heterocycles. The van der Waals surface area contributed by atoms with E-state index in [1.807, 2.05) is 5.32 Å². The molecule has 10 heteroatoms. The number of benzene rings is 2. The van der Waals surface area contributed by atoms with Crippen molar-refractivity contribution < 1.29 is 27.2 Å². The number of hydrogen-bond acceptors (Lipinski definition) is 4. The fraction of sp³-hybridized carbons (Fsp3) is 0.100. The van der Waals surface area contributed by atoms with E-state index in [4.69, 9.17) is 0 Å². The predicted octanol–water partition coefficient (Wildman–Crippen LogP) is 5.68. The molecule has 0 saturated carbocycles. The Labute approximate surface area is 177 Å². The van der Waals surface area contributed by atoms with E-state index in [0.717, 1.165) is 11.8 Å². The molecule has 1 heterocycles. The molecule has 30 heavy (non-hydrogen) atoms. The summed E-state index contributed by atoms with van der Waals surface area (Å²) in [6.45, 7) is 1.46. The molecule has 0 aliphatic rings. The molecule has 0 aliphatic carbocycles. The second-order valence-electron chi connectivity index (χ2n) is 6.05. The number of amides is 2. The van der Waals surface area contributed by atoms with Gasteiger partial charge in [-0.1, -0.05) is 12.1 Å². The van der Waals surface area contributed by atoms with E-state index in [-0.39, 0.29) is 12.0 Å². The fourth-order valence-electron chi connectivity index (χ4n) is 2.41. The number of thiophene rings is 1. The second-order valence-corrected chi connectivity index (χ2v) is 8.41. The standard InChI is InChI=1S/C20H14F4N2O2S2/c1-10(19(27)26-18-16(23)13(21)9-14(22)17(18)24)30-12-5-2-4-11(8-12)25-20(28)15-6-3-7-29-15/h2-10H,1H3,(H,25,28)(H,26,27). The van der Waals surface area contributed by atoms with Gasteiger partial charge in [0.15, 0.2) is 23.3 Å². The molecule has 3 rings (SSSR count). The zero-order valence-electron chi connectivity index (χ0n) is 15.3. The van der Waals surface area contributed by atoms with Gasteiger partial charge in [0.1, 0.15) is 5.69 Å². The molecule has 2 amide bonds. The molecule has 0 bridgehead atoms. The first-order valence-corrected chi connectivity index (χ1v) is 10.3. The van der Waals surface area contributed by atoms with Gasteiger partial charge in [-0.25, -0.2) is 17.6 Å². The minimum absolute atomic E-state index is 0.0640. The lowest BCUT2D eigenvalue weighted by Gasteiger charge is -2.14. The van der Waals surface area contributed by atoms with Crippen molar-refractivity contribution in [1.29, 1.82) is 0 Å². The van der Waals surface area contributed by atoms with E-state index in [1.54, 1.807) is 41.8 Å². The lowest BCUT2D eigenvalue weighted by atomic mass is 10.2. The maximum atomic E-state index is 13.7. The second kappa shape index (κ2) is 9.31. The van der Waals surface area contributed by atoms with Gasteiger partial charge in [-0.05, 0) is 36.6 Å². The number of carbonyl (C=O) groups is 2. The van der Waals surface area contributed by atoms with E-state index >= 15 is 0 Å². The molecule has 1 aromatic heterocycles. The highest BCUT2D eigenvalue weighted by molar-refractivity contribution is 8.00. The van der Waals surface area contributed by atoms with Gasteiger partial charge >= 0.3 is 0 Å². The van der Waals surface area contributed by atoms with Crippen LogP contribution in [0.4, 0.5) is 28.9 Å². The molecule has 1 atom stereocenters. The maximum Gasteiger partial charge on any atom is 0.265 e. The highest BCUT2D eigenvalue weighted by atomic mass is 32.2. The molecule has 3 aromatic rings. The van der Waals surface area contributed by atoms with Crippen LogP contribution in [0.25, 0.3) is 0 Å². The Balaban J connectivity index is 1.68. The molecule has 0 spiro atoms. The average molecular weight is 454 g/mol. The number of rotatable bonds is 6. The van der Waals surface area contributed by atoms with Crippen molar-refractivity contribution in [3.63, 3.8) is 0 Å². The smallest absolute Gasteiger partial charge is 0.265 e. The Morgan fingerprint density at radius 2 is 1.67 bits per heavy atom. The number of hydrogen-bond donors (Lipinski definition) is 2. The van der Waals surface area contributed by atoms with Crippen molar-refractivity contribution >= 4 is 46.3 Å². The first kappa shape index (κ1) is 21.8. The minimum atomic E-state index is -1.68. The third-order valence-corrected chi connectivity index (χ3v) is 5.84. The van der Waals surface area contributed by atoms with E-state index < -0.39 is 40.1 Å². The summed E-state index contributed by atoms with van der Waals surface area (Å²) in [5, 5.41) is 5.53. The van der Waals surface area contributed by atoms with Gasteiger partial charge in [0.05, 0.1) is 10.1 Å². The quantitative estimate of drug-likeness (QED) is 0.286. The van der Waals surface area contributed by atoms with Gasteiger partial charge in [-0.15, -0.1) is 23.1 Å². The Bertz CT molecular complexity index is 1060. The summed E-state index contributed by atoms with van der Waals surface area (Å²) in [4.78, 5) is 25.5. The monoisotopic (exact) mass is 454 g/mol. The van der Waals surface area contributed by atoms with Crippen molar-refractivity contribution in [2.45, 2.75) is 17.1 Å². The van der Waals surface area contributed by atoms with Gasteiger partial charge in [0, 0.05) is 16.6 Å². The highest BCUT2D eigenvalue weighted by Crippen LogP contribution is 2.29. The predicted molar refractivity (Wildman–Crippen MR) is 109 cm³/mol. The normalized spacial score (nSPS) is 11.8. The van der Waals surface area contributed by atoms with Crippen LogP contribution >= 0.6 is 23.1 Å². The first-order chi connectivity index (χ1) is 14.3. The molecule has 1 unspecified atom stereocenters. The molecule has 2 aromatic carbocycles. The zero-order valence-corrected chi connectivity index (χ0v) is 17.0. The van der Waals surface area contributed by atoms with Crippen LogP contribution < -0.4 is 10.6 Å². The molecule has 0 fully saturated rings. The number of nitrogens with one attached hydrogen (secondary N) is 2. The van der Waals surface area contributed by atoms with Crippen LogP contribution in [-0.2, 0) is 4.79 Å². The van der Waals surface area contributed by atoms with Crippen LogP contribution in [-0.4, -0.2) is 17.1 Å². The molecular weight excluding hydrogens is 440 g/mol. The van der Waals surface area contributed by atoms with Crippen molar-refractivity contribution in [3.05, 3.63) is 76.0 Å². The first-order valence-electron chi connectivity index (χ1n) is 8.51. The SMILES string of the molecule is CC(Sc1cccc(NC(=O)c2cccs2)c1)C(=O)Nc1c(F)c(F)cc(F)c1F. The third kappa shape index (κ3) is 5.00. The number of thioether (sulfide) groups is 1. The summed E-state index contributed by atoms with van der Waals surface area (Å²) in [5.41, 5.74) is -0.683. The van der Waals surface area contributed by atoms with Crippen molar-refractivity contribution in [1.82, 2.24) is 0 Å². The topological polar surface area (TPSA) is 58.2 Å². The largest absolute Gasteiger partial charge is 0.321 e. The van der Waals surface area contributed by atoms with Gasteiger partial charge in [-0.2, -0.15) is 0 Å². The fourth-order valence-corrected chi connectivity index (χ4v) is 3.96. The van der Waals surface area contributed by atoms with Crippen molar-refractivity contribution in [2.75, 3.05) is 10.6 Å². The lowest BCUT2D eigenvalue weighted by Crippen LogP contribution is -2.24. The van der Waals surface area contributed by atoms with Crippen molar-refractivity contribution in [3.8, 4) is 0 Å². The molecule has 4 nitrogen and oxygen atoms in total. The third-order valence-electron chi connectivity index (χ3n) is 3.88. The Hall–Kier alpha value is -2.85. The maximum absolute atomic E-state index is 13.7. The summed E-state index contributed by atoms with van der Waals surface area (Å²) in [6.07, 6.45) is 0. The van der Waals surface area contributed by atoms with Gasteiger partial charge < -0.3 is 10.6 Å². The zero-order chi connectivity index (χ0) is 21.8. The molecule has 0 aliphatic heterocycles. The van der Waals surface area contributed by atoms with Gasteiger partial charge in [0.2, 0.25) is 5.91 Å². The summed E-state index contributed by atoms with van der Waals surface area (Å²) in [6, 6.07) is 10.1. The summed E-state index contributed by atoms with van der Waals surface area (Å²) < 4.78 is 54.1. The Morgan fingerprint density at radius 3 is 2.30 bits per heavy atom. The Kier molecular flexibility index (Phi) is 6.78. The molecular formula is C20H14F4N2O2S2. The van der Waals surface area contributed by atoms with Crippen LogP contribution in [0.3, 0.4) is 0 Å². The van der Waals surface area contributed by atoms with E-state index in [2.05, 4.69) is 5.32 Å². The van der Waals surface area contributed by atoms with E-state index in [0.29, 0.717) is 15.5 Å². The summed E-state index contributed by atoms with van der Waals surface area (Å²) in [7, 11) is 0. The van der Waals surface area contributed by atoms with Gasteiger partial charge in [0.25, 0.3) is 5.91 Å². The molecule has 2 N–H and O–H groups in total. The molecule has 0 radical (unpaired) electrons. The number of carbonyl (C=O) groups excluding carboxylic acids is 2. The van der Waals surface area contributed by atoms with Crippen LogP contribution in [0.5, 0.6) is 0 Å². The van der Waals surface area contributed by atoms with E-state index in [1.165, 1.54) is 18.3 Å². The summed E-state index contributed by atoms with van der Waals surface area (Å²) in [5.74, 6) is -7.72. The summed E-state index contributed by atoms with van der Waals surface area (Å²) >= 11 is 2.33.